The number of hydrogen-bond acceptors (Lipinski definition) is 4. The third-order valence-corrected chi connectivity index (χ3v) is 3.27. The van der Waals surface area contributed by atoms with E-state index < -0.39 is 0 Å². The lowest BCUT2D eigenvalue weighted by atomic mass is 10.1. The van der Waals surface area contributed by atoms with Crippen molar-refractivity contribution in [2.45, 2.75) is 20.1 Å². The van der Waals surface area contributed by atoms with E-state index in [1.54, 1.807) is 7.11 Å². The molecule has 1 aromatic heterocycles. The average molecular weight is 261 g/mol. The lowest BCUT2D eigenvalue weighted by Crippen LogP contribution is -2.02. The molecule has 19 heavy (non-hydrogen) atoms. The normalized spacial score (nSPS) is 10.5. The van der Waals surface area contributed by atoms with Gasteiger partial charge in [0.1, 0.15) is 5.75 Å². The second-order valence-corrected chi connectivity index (χ2v) is 4.42. The molecule has 0 unspecified atom stereocenters. The lowest BCUT2D eigenvalue weighted by Gasteiger charge is -2.10. The lowest BCUT2D eigenvalue weighted by molar-refractivity contribution is 0.274. The van der Waals surface area contributed by atoms with Crippen LogP contribution in [0, 0.1) is 6.92 Å². The first kappa shape index (κ1) is 13.4. The molecule has 0 saturated heterocycles. The summed E-state index contributed by atoms with van der Waals surface area (Å²) in [6.07, 6.45) is 1.86. The Morgan fingerprint density at radius 1 is 1.37 bits per heavy atom. The standard InChI is InChI=1S/C14H19N3O2/c1-10-12(8-16-17(10)2)7-15-13-4-5-14(19-3)11(6-13)9-18/h4-6,8,15,18H,7,9H2,1-3H3. The van der Waals surface area contributed by atoms with E-state index in [0.717, 1.165) is 22.5 Å². The van der Waals surface area contributed by atoms with E-state index in [0.29, 0.717) is 12.3 Å². The topological polar surface area (TPSA) is 59.3 Å². The second-order valence-electron chi connectivity index (χ2n) is 4.42. The molecule has 0 saturated carbocycles. The zero-order valence-corrected chi connectivity index (χ0v) is 11.5. The fourth-order valence-electron chi connectivity index (χ4n) is 1.93. The highest BCUT2D eigenvalue weighted by atomic mass is 16.5. The van der Waals surface area contributed by atoms with E-state index in [1.807, 2.05) is 43.0 Å². The van der Waals surface area contributed by atoms with Crippen LogP contribution in [0.15, 0.2) is 24.4 Å². The summed E-state index contributed by atoms with van der Waals surface area (Å²) in [6, 6.07) is 5.68. The van der Waals surface area contributed by atoms with Crippen LogP contribution in [0.25, 0.3) is 0 Å². The number of benzene rings is 1. The predicted octanol–water partition coefficient (Wildman–Crippen LogP) is 1.84. The summed E-state index contributed by atoms with van der Waals surface area (Å²) in [5.74, 6) is 0.700. The molecule has 2 rings (SSSR count). The summed E-state index contributed by atoms with van der Waals surface area (Å²) in [5.41, 5.74) is 4.02. The van der Waals surface area contributed by atoms with Gasteiger partial charge in [-0.1, -0.05) is 0 Å². The van der Waals surface area contributed by atoms with Crippen LogP contribution in [0.2, 0.25) is 0 Å². The zero-order valence-electron chi connectivity index (χ0n) is 11.5. The Labute approximate surface area is 112 Å². The Morgan fingerprint density at radius 3 is 2.74 bits per heavy atom. The van der Waals surface area contributed by atoms with Crippen molar-refractivity contribution in [1.29, 1.82) is 0 Å². The smallest absolute Gasteiger partial charge is 0.124 e. The van der Waals surface area contributed by atoms with Gasteiger partial charge in [-0.25, -0.2) is 0 Å². The van der Waals surface area contributed by atoms with Gasteiger partial charge in [-0.15, -0.1) is 0 Å². The van der Waals surface area contributed by atoms with Crippen molar-refractivity contribution in [3.63, 3.8) is 0 Å². The molecular weight excluding hydrogens is 242 g/mol. The van der Waals surface area contributed by atoms with Gasteiger partial charge in [0.2, 0.25) is 0 Å². The zero-order chi connectivity index (χ0) is 13.8. The molecule has 1 aromatic carbocycles. The van der Waals surface area contributed by atoms with Crippen molar-refractivity contribution in [3.05, 3.63) is 41.2 Å². The molecule has 1 heterocycles. The van der Waals surface area contributed by atoms with E-state index >= 15 is 0 Å². The van der Waals surface area contributed by atoms with Gasteiger partial charge in [0.05, 0.1) is 19.9 Å². The minimum Gasteiger partial charge on any atom is -0.496 e. The summed E-state index contributed by atoms with van der Waals surface area (Å²) in [6.45, 7) is 2.71. The maximum atomic E-state index is 9.29. The Hall–Kier alpha value is -2.01. The third kappa shape index (κ3) is 2.88. The number of anilines is 1. The number of methoxy groups -OCH3 is 1. The molecule has 5 nitrogen and oxygen atoms in total. The number of aliphatic hydroxyl groups is 1. The average Bonchev–Trinajstić information content (AvgIpc) is 2.76. The SMILES string of the molecule is COc1ccc(NCc2cnn(C)c2C)cc1CO. The third-order valence-electron chi connectivity index (χ3n) is 3.27. The number of hydrogen-bond donors (Lipinski definition) is 2. The number of aromatic nitrogens is 2. The van der Waals surface area contributed by atoms with Crippen LogP contribution >= 0.6 is 0 Å². The van der Waals surface area contributed by atoms with E-state index in [-0.39, 0.29) is 6.61 Å². The Bertz CT molecular complexity index is 564. The van der Waals surface area contributed by atoms with Gasteiger partial charge < -0.3 is 15.2 Å². The first-order chi connectivity index (χ1) is 9.15. The molecule has 0 atom stereocenters. The van der Waals surface area contributed by atoms with E-state index in [4.69, 9.17) is 4.74 Å². The van der Waals surface area contributed by atoms with Crippen molar-refractivity contribution < 1.29 is 9.84 Å². The van der Waals surface area contributed by atoms with Crippen molar-refractivity contribution >= 4 is 5.69 Å². The van der Waals surface area contributed by atoms with Gasteiger partial charge in [-0.2, -0.15) is 5.10 Å². The minimum atomic E-state index is -0.0371. The van der Waals surface area contributed by atoms with Crippen LogP contribution in [0.1, 0.15) is 16.8 Å². The maximum absolute atomic E-state index is 9.29. The van der Waals surface area contributed by atoms with Gasteiger partial charge in [-0.05, 0) is 25.1 Å². The first-order valence-corrected chi connectivity index (χ1v) is 6.14. The van der Waals surface area contributed by atoms with Gasteiger partial charge in [0.25, 0.3) is 0 Å². The molecule has 0 aliphatic rings. The molecular formula is C14H19N3O2. The fourth-order valence-corrected chi connectivity index (χ4v) is 1.93. The van der Waals surface area contributed by atoms with Gasteiger partial charge in [0.15, 0.2) is 0 Å². The van der Waals surface area contributed by atoms with Crippen molar-refractivity contribution in [1.82, 2.24) is 9.78 Å². The molecule has 0 radical (unpaired) electrons. The molecule has 0 bridgehead atoms. The monoisotopic (exact) mass is 261 g/mol. The van der Waals surface area contributed by atoms with Gasteiger partial charge in [-0.3, -0.25) is 4.68 Å². The molecule has 102 valence electrons. The van der Waals surface area contributed by atoms with E-state index in [1.165, 1.54) is 0 Å². The van der Waals surface area contributed by atoms with Crippen LogP contribution < -0.4 is 10.1 Å². The van der Waals surface area contributed by atoms with E-state index in [2.05, 4.69) is 10.4 Å². The Morgan fingerprint density at radius 2 is 2.16 bits per heavy atom. The molecule has 0 aliphatic carbocycles. The molecule has 0 spiro atoms. The summed E-state index contributed by atoms with van der Waals surface area (Å²) in [7, 11) is 3.52. The maximum Gasteiger partial charge on any atom is 0.124 e. The molecule has 2 N–H and O–H groups in total. The number of nitrogens with one attached hydrogen (secondary N) is 1. The molecule has 2 aromatic rings. The van der Waals surface area contributed by atoms with Crippen LogP contribution in [0.4, 0.5) is 5.69 Å². The quantitative estimate of drug-likeness (QED) is 0.862. The highest BCUT2D eigenvalue weighted by molar-refractivity contribution is 5.51. The molecule has 0 fully saturated rings. The molecule has 5 heteroatoms. The van der Waals surface area contributed by atoms with Crippen molar-refractivity contribution in [2.24, 2.45) is 7.05 Å². The number of aliphatic hydroxyl groups excluding tert-OH is 1. The summed E-state index contributed by atoms with van der Waals surface area (Å²) in [5, 5.41) is 16.8. The highest BCUT2D eigenvalue weighted by Crippen LogP contribution is 2.23. The predicted molar refractivity (Wildman–Crippen MR) is 74.2 cm³/mol. The fraction of sp³-hybridized carbons (Fsp3) is 0.357. The van der Waals surface area contributed by atoms with Crippen molar-refractivity contribution in [3.8, 4) is 5.75 Å². The Kier molecular flexibility index (Phi) is 4.06. The van der Waals surface area contributed by atoms with Crippen molar-refractivity contribution in [2.75, 3.05) is 12.4 Å². The minimum absolute atomic E-state index is 0.0371. The summed E-state index contributed by atoms with van der Waals surface area (Å²) < 4.78 is 7.03. The highest BCUT2D eigenvalue weighted by Gasteiger charge is 2.05. The van der Waals surface area contributed by atoms with E-state index in [9.17, 15) is 5.11 Å². The van der Waals surface area contributed by atoms with Gasteiger partial charge >= 0.3 is 0 Å². The number of rotatable bonds is 5. The summed E-state index contributed by atoms with van der Waals surface area (Å²) in [4.78, 5) is 0. The first-order valence-electron chi connectivity index (χ1n) is 6.14. The number of aryl methyl sites for hydroxylation is 1. The summed E-state index contributed by atoms with van der Waals surface area (Å²) >= 11 is 0. The number of nitrogens with zero attached hydrogens (tertiary/aromatic N) is 2. The van der Waals surface area contributed by atoms with Gasteiger partial charge in [0, 0.05) is 36.1 Å². The Balaban J connectivity index is 2.09. The van der Waals surface area contributed by atoms with Crippen LogP contribution in [0.5, 0.6) is 5.75 Å². The largest absolute Gasteiger partial charge is 0.496 e. The van der Waals surface area contributed by atoms with Crippen LogP contribution in [0.3, 0.4) is 0 Å². The second kappa shape index (κ2) is 5.75. The number of ether oxygens (including phenoxy) is 1. The van der Waals surface area contributed by atoms with Crippen LogP contribution in [-0.2, 0) is 20.2 Å². The van der Waals surface area contributed by atoms with Crippen LogP contribution in [-0.4, -0.2) is 22.0 Å². The molecule has 0 amide bonds. The molecule has 0 aliphatic heterocycles.